The number of amides is 2. The van der Waals surface area contributed by atoms with Gasteiger partial charge >= 0.3 is 6.09 Å². The van der Waals surface area contributed by atoms with Crippen LogP contribution in [0.5, 0.6) is 0 Å². The molecule has 0 spiro atoms. The summed E-state index contributed by atoms with van der Waals surface area (Å²) in [5.41, 5.74) is 15.7. The van der Waals surface area contributed by atoms with Crippen LogP contribution in [0.25, 0.3) is 33.5 Å². The molecule has 2 aromatic heterocycles. The van der Waals surface area contributed by atoms with Crippen LogP contribution in [0.2, 0.25) is 0 Å². The van der Waals surface area contributed by atoms with Gasteiger partial charge in [0.1, 0.15) is 5.60 Å². The summed E-state index contributed by atoms with van der Waals surface area (Å²) < 4.78 is 5.29. The first-order chi connectivity index (χ1) is 16.5. The van der Waals surface area contributed by atoms with E-state index in [-0.39, 0.29) is 23.8 Å². The first-order valence-corrected chi connectivity index (χ1v) is 11.0. The van der Waals surface area contributed by atoms with Crippen molar-refractivity contribution in [1.29, 1.82) is 0 Å². The number of fused-ring (bicyclic) bond motifs is 1. The van der Waals surface area contributed by atoms with Gasteiger partial charge in [0, 0.05) is 23.1 Å². The van der Waals surface area contributed by atoms with E-state index in [2.05, 4.69) is 20.5 Å². The van der Waals surface area contributed by atoms with Crippen molar-refractivity contribution in [1.82, 2.24) is 25.5 Å². The topological polar surface area (TPSA) is 162 Å². The zero-order valence-electron chi connectivity index (χ0n) is 20.0. The van der Waals surface area contributed by atoms with E-state index in [9.17, 15) is 9.59 Å². The number of anilines is 1. The Hall–Kier alpha value is -4.47. The number of primary amides is 1. The van der Waals surface area contributed by atoms with Gasteiger partial charge in [0.2, 0.25) is 0 Å². The van der Waals surface area contributed by atoms with E-state index >= 15 is 0 Å². The Kier molecular flexibility index (Phi) is 6.12. The van der Waals surface area contributed by atoms with Crippen LogP contribution in [-0.2, 0) is 11.3 Å². The number of H-pyrrole nitrogens is 1. The lowest BCUT2D eigenvalue weighted by atomic mass is 9.99. The molecule has 0 aliphatic heterocycles. The number of nitrogens with two attached hydrogens (primary N) is 2. The summed E-state index contributed by atoms with van der Waals surface area (Å²) in [5, 5.41) is 10.6. The van der Waals surface area contributed by atoms with E-state index in [4.69, 9.17) is 21.2 Å². The van der Waals surface area contributed by atoms with Crippen molar-refractivity contribution in [3.8, 4) is 22.6 Å². The molecule has 0 saturated heterocycles. The number of rotatable bonds is 5. The Balaban J connectivity index is 1.76. The van der Waals surface area contributed by atoms with Gasteiger partial charge in [-0.1, -0.05) is 24.3 Å². The molecular weight excluding hydrogens is 446 g/mol. The molecule has 0 unspecified atom stereocenters. The van der Waals surface area contributed by atoms with E-state index in [0.29, 0.717) is 11.3 Å². The summed E-state index contributed by atoms with van der Waals surface area (Å²) in [5.74, 6) is -0.478. The van der Waals surface area contributed by atoms with Crippen molar-refractivity contribution >= 4 is 28.6 Å². The summed E-state index contributed by atoms with van der Waals surface area (Å²) in [6, 6.07) is 11.1. The van der Waals surface area contributed by atoms with Gasteiger partial charge in [-0.25, -0.2) is 14.8 Å². The SMILES string of the molecule is Cc1ccc2[nH]ncc2c1-c1nc(-c2cccc(CNC(=O)OC(C)(C)C)c2)nc(C(N)=O)c1N. The number of hydrogen-bond acceptors (Lipinski definition) is 7. The van der Waals surface area contributed by atoms with Gasteiger partial charge in [0.25, 0.3) is 5.91 Å². The van der Waals surface area contributed by atoms with Crippen molar-refractivity contribution in [2.45, 2.75) is 39.8 Å². The zero-order chi connectivity index (χ0) is 25.3. The number of nitrogens with one attached hydrogen (secondary N) is 2. The molecule has 35 heavy (non-hydrogen) atoms. The minimum Gasteiger partial charge on any atom is -0.444 e. The van der Waals surface area contributed by atoms with Crippen LogP contribution in [0.4, 0.5) is 10.5 Å². The van der Waals surface area contributed by atoms with Crippen LogP contribution in [0.1, 0.15) is 42.4 Å². The molecule has 2 heterocycles. The summed E-state index contributed by atoms with van der Waals surface area (Å²) in [7, 11) is 0. The molecule has 0 bridgehead atoms. The normalized spacial score (nSPS) is 11.4. The van der Waals surface area contributed by atoms with Crippen molar-refractivity contribution in [3.05, 3.63) is 59.4 Å². The van der Waals surface area contributed by atoms with Gasteiger partial charge in [-0.3, -0.25) is 9.89 Å². The van der Waals surface area contributed by atoms with Crippen LogP contribution < -0.4 is 16.8 Å². The molecule has 180 valence electrons. The second-order valence-electron chi connectivity index (χ2n) is 9.17. The quantitative estimate of drug-likeness (QED) is 0.343. The molecule has 10 nitrogen and oxygen atoms in total. The molecule has 4 rings (SSSR count). The molecule has 10 heteroatoms. The van der Waals surface area contributed by atoms with E-state index in [1.807, 2.05) is 43.3 Å². The highest BCUT2D eigenvalue weighted by molar-refractivity contribution is 6.04. The number of nitrogens with zero attached hydrogens (tertiary/aromatic N) is 3. The number of carbonyl (C=O) groups is 2. The Morgan fingerprint density at radius 2 is 1.91 bits per heavy atom. The molecule has 0 radical (unpaired) electrons. The molecule has 2 amide bonds. The lowest BCUT2D eigenvalue weighted by Crippen LogP contribution is -2.32. The van der Waals surface area contributed by atoms with Crippen molar-refractivity contribution in [2.24, 2.45) is 5.73 Å². The van der Waals surface area contributed by atoms with Crippen LogP contribution in [0, 0.1) is 6.92 Å². The highest BCUT2D eigenvalue weighted by atomic mass is 16.6. The van der Waals surface area contributed by atoms with Crippen LogP contribution in [0.15, 0.2) is 42.6 Å². The summed E-state index contributed by atoms with van der Waals surface area (Å²) in [6.07, 6.45) is 1.17. The Labute approximate surface area is 202 Å². The molecule has 6 N–H and O–H groups in total. The molecule has 2 aromatic carbocycles. The molecule has 0 aliphatic rings. The predicted molar refractivity (Wildman–Crippen MR) is 133 cm³/mol. The summed E-state index contributed by atoms with van der Waals surface area (Å²) >= 11 is 0. The van der Waals surface area contributed by atoms with Crippen molar-refractivity contribution < 1.29 is 14.3 Å². The maximum Gasteiger partial charge on any atom is 0.407 e. The predicted octanol–water partition coefficient (Wildman–Crippen LogP) is 3.70. The van der Waals surface area contributed by atoms with Gasteiger partial charge < -0.3 is 21.5 Å². The number of aromatic nitrogens is 4. The summed E-state index contributed by atoms with van der Waals surface area (Å²) in [6.45, 7) is 7.55. The minimum atomic E-state index is -0.757. The number of hydrogen-bond donors (Lipinski definition) is 4. The lowest BCUT2D eigenvalue weighted by Gasteiger charge is -2.19. The Bertz CT molecular complexity index is 1440. The molecule has 0 saturated carbocycles. The number of alkyl carbamates (subject to hydrolysis) is 1. The maximum atomic E-state index is 12.2. The smallest absolute Gasteiger partial charge is 0.407 e. The average Bonchev–Trinajstić information content (AvgIpc) is 3.26. The fourth-order valence-corrected chi connectivity index (χ4v) is 3.73. The zero-order valence-corrected chi connectivity index (χ0v) is 20.0. The standard InChI is InChI=1S/C25H27N7O3/c1-13-8-9-17-16(12-29-32-17)18(13)20-19(26)21(22(27)33)31-23(30-20)15-7-5-6-14(10-15)11-28-24(34)35-25(2,3)4/h5-10,12H,11,26H2,1-4H3,(H2,27,33)(H,28,34)(H,29,32). The second-order valence-corrected chi connectivity index (χ2v) is 9.17. The first-order valence-electron chi connectivity index (χ1n) is 11.0. The number of ether oxygens (including phenoxy) is 1. The third-order valence-electron chi connectivity index (χ3n) is 5.27. The molecule has 0 aliphatic carbocycles. The Morgan fingerprint density at radius 1 is 1.14 bits per heavy atom. The van der Waals surface area contributed by atoms with Crippen LogP contribution in [0.3, 0.4) is 0 Å². The van der Waals surface area contributed by atoms with Gasteiger partial charge in [-0.15, -0.1) is 0 Å². The first kappa shape index (κ1) is 23.7. The highest BCUT2D eigenvalue weighted by Crippen LogP contribution is 2.35. The molecular formula is C25H27N7O3. The van der Waals surface area contributed by atoms with Crippen LogP contribution in [-0.4, -0.2) is 37.8 Å². The fraction of sp³-hybridized carbons (Fsp3) is 0.240. The molecule has 0 fully saturated rings. The van der Waals surface area contributed by atoms with E-state index in [0.717, 1.165) is 27.6 Å². The fourth-order valence-electron chi connectivity index (χ4n) is 3.73. The monoisotopic (exact) mass is 473 g/mol. The molecule has 4 aromatic rings. The second kappa shape index (κ2) is 9.05. The van der Waals surface area contributed by atoms with E-state index in [1.165, 1.54) is 0 Å². The third-order valence-corrected chi connectivity index (χ3v) is 5.27. The van der Waals surface area contributed by atoms with Gasteiger partial charge in [-0.2, -0.15) is 5.10 Å². The number of aryl methyl sites for hydroxylation is 1. The number of carbonyl (C=O) groups excluding carboxylic acids is 2. The number of nitrogen functional groups attached to an aromatic ring is 1. The van der Waals surface area contributed by atoms with Gasteiger partial charge in [-0.05, 0) is 51.0 Å². The highest BCUT2D eigenvalue weighted by Gasteiger charge is 2.21. The lowest BCUT2D eigenvalue weighted by molar-refractivity contribution is 0.0523. The number of aromatic amines is 1. The van der Waals surface area contributed by atoms with Crippen LogP contribution >= 0.6 is 0 Å². The van der Waals surface area contributed by atoms with Gasteiger partial charge in [0.15, 0.2) is 11.5 Å². The van der Waals surface area contributed by atoms with E-state index < -0.39 is 17.6 Å². The van der Waals surface area contributed by atoms with Gasteiger partial charge in [0.05, 0.1) is 23.1 Å². The summed E-state index contributed by atoms with van der Waals surface area (Å²) in [4.78, 5) is 33.3. The number of benzene rings is 2. The van der Waals surface area contributed by atoms with Crippen molar-refractivity contribution in [2.75, 3.05) is 5.73 Å². The minimum absolute atomic E-state index is 0.0674. The van der Waals surface area contributed by atoms with Crippen molar-refractivity contribution in [3.63, 3.8) is 0 Å². The molecule has 0 atom stereocenters. The maximum absolute atomic E-state index is 12.2. The van der Waals surface area contributed by atoms with E-state index in [1.54, 1.807) is 27.0 Å². The average molecular weight is 474 g/mol. The Morgan fingerprint density at radius 3 is 2.63 bits per heavy atom. The third kappa shape index (κ3) is 5.06. The largest absolute Gasteiger partial charge is 0.444 e.